The van der Waals surface area contributed by atoms with Crippen molar-refractivity contribution >= 4 is 5.78 Å². The van der Waals surface area contributed by atoms with Gasteiger partial charge >= 0.3 is 0 Å². The lowest BCUT2D eigenvalue weighted by molar-refractivity contribution is -0.259. The number of rotatable bonds is 5. The molecule has 1 spiro atoms. The van der Waals surface area contributed by atoms with Crippen molar-refractivity contribution in [3.05, 3.63) is 24.2 Å². The van der Waals surface area contributed by atoms with Gasteiger partial charge in [0.15, 0.2) is 11.6 Å². The highest BCUT2D eigenvalue weighted by Crippen LogP contribution is 2.58. The number of ether oxygens (including phenoxy) is 4. The molecule has 158 valence electrons. The van der Waals surface area contributed by atoms with Crippen LogP contribution in [0.15, 0.2) is 22.8 Å². The molecule has 1 aromatic rings. The van der Waals surface area contributed by atoms with Gasteiger partial charge in [-0.2, -0.15) is 0 Å². The van der Waals surface area contributed by atoms with Crippen LogP contribution in [0.5, 0.6) is 0 Å². The number of carbonyl (C=O) groups is 1. The van der Waals surface area contributed by atoms with E-state index in [0.29, 0.717) is 39.3 Å². The fourth-order valence-electron chi connectivity index (χ4n) is 5.07. The Kier molecular flexibility index (Phi) is 5.85. The molecule has 0 radical (unpaired) electrons. The van der Waals surface area contributed by atoms with Crippen LogP contribution in [0.3, 0.4) is 0 Å². The van der Waals surface area contributed by atoms with Crippen LogP contribution in [0, 0.1) is 17.3 Å². The molecule has 0 unspecified atom stereocenters. The second kappa shape index (κ2) is 8.23. The normalized spacial score (nSPS) is 30.2. The Morgan fingerprint density at radius 2 is 1.86 bits per heavy atom. The Morgan fingerprint density at radius 1 is 1.14 bits per heavy atom. The maximum atomic E-state index is 12.9. The largest absolute Gasteiger partial charge is 0.469 e. The number of carbonyl (C=O) groups excluding carboxylic acids is 1. The quantitative estimate of drug-likeness (QED) is 0.551. The molecule has 6 nitrogen and oxygen atoms in total. The van der Waals surface area contributed by atoms with E-state index in [1.54, 1.807) is 6.26 Å². The first-order valence-corrected chi connectivity index (χ1v) is 10.6. The number of ketones is 1. The van der Waals surface area contributed by atoms with Gasteiger partial charge in [-0.25, -0.2) is 0 Å². The third-order valence-electron chi connectivity index (χ3n) is 6.64. The van der Waals surface area contributed by atoms with Crippen molar-refractivity contribution in [1.29, 1.82) is 0 Å². The van der Waals surface area contributed by atoms with Gasteiger partial charge in [-0.1, -0.05) is 12.8 Å². The summed E-state index contributed by atoms with van der Waals surface area (Å²) in [4.78, 5) is 12.9. The highest BCUT2D eigenvalue weighted by atomic mass is 16.7. The fraction of sp³-hybridized carbons (Fsp3) is 0.696. The molecule has 4 rings (SSSR count). The molecule has 3 aliphatic rings. The maximum absolute atomic E-state index is 12.9. The standard InChI is InChI=1S/C23H30O6/c1-21(17-18(24)7-3-4-10-22(2)26-13-14-27-22)19(20-9-6-12-25-20)8-5-11-23(21)28-15-16-29-23/h6,9,12,19H,4-5,8,10-11,13-17H2,1-2H3/t19-,21-/m0/s1. The van der Waals surface area contributed by atoms with E-state index >= 15 is 0 Å². The molecule has 1 aromatic heterocycles. The van der Waals surface area contributed by atoms with E-state index in [9.17, 15) is 4.79 Å². The van der Waals surface area contributed by atoms with E-state index in [2.05, 4.69) is 18.8 Å². The number of furan rings is 1. The smallest absolute Gasteiger partial charge is 0.206 e. The predicted octanol–water partition coefficient (Wildman–Crippen LogP) is 3.80. The van der Waals surface area contributed by atoms with Gasteiger partial charge in [-0.15, -0.1) is 0 Å². The lowest BCUT2D eigenvalue weighted by Gasteiger charge is -2.51. The average Bonchev–Trinajstić information content (AvgIpc) is 3.44. The predicted molar refractivity (Wildman–Crippen MR) is 105 cm³/mol. The van der Waals surface area contributed by atoms with Crippen molar-refractivity contribution in [3.63, 3.8) is 0 Å². The summed E-state index contributed by atoms with van der Waals surface area (Å²) in [5.41, 5.74) is -0.533. The molecule has 2 aliphatic heterocycles. The van der Waals surface area contributed by atoms with Crippen LogP contribution in [0.2, 0.25) is 0 Å². The van der Waals surface area contributed by atoms with Crippen LogP contribution in [-0.4, -0.2) is 43.8 Å². The molecule has 2 atom stereocenters. The van der Waals surface area contributed by atoms with Gasteiger partial charge < -0.3 is 23.4 Å². The van der Waals surface area contributed by atoms with Crippen LogP contribution < -0.4 is 0 Å². The van der Waals surface area contributed by atoms with Gasteiger partial charge in [0, 0.05) is 37.0 Å². The van der Waals surface area contributed by atoms with Crippen LogP contribution in [0.4, 0.5) is 0 Å². The molecule has 2 saturated heterocycles. The molecule has 3 fully saturated rings. The third kappa shape index (κ3) is 4.02. The van der Waals surface area contributed by atoms with E-state index in [4.69, 9.17) is 23.4 Å². The van der Waals surface area contributed by atoms with Crippen LogP contribution in [0.1, 0.15) is 64.1 Å². The fourth-order valence-corrected chi connectivity index (χ4v) is 5.07. The summed E-state index contributed by atoms with van der Waals surface area (Å²) < 4.78 is 29.2. The maximum Gasteiger partial charge on any atom is 0.206 e. The van der Waals surface area contributed by atoms with Crippen LogP contribution >= 0.6 is 0 Å². The first kappa shape index (κ1) is 20.6. The molecular weight excluding hydrogens is 372 g/mol. The zero-order valence-corrected chi connectivity index (χ0v) is 17.3. The molecular formula is C23H30O6. The topological polar surface area (TPSA) is 67.1 Å². The van der Waals surface area contributed by atoms with Crippen molar-refractivity contribution in [3.8, 4) is 11.8 Å². The highest BCUT2D eigenvalue weighted by Gasteiger charge is 2.60. The minimum atomic E-state index is -0.751. The average molecular weight is 402 g/mol. The Balaban J connectivity index is 1.48. The third-order valence-corrected chi connectivity index (χ3v) is 6.64. The van der Waals surface area contributed by atoms with Crippen molar-refractivity contribution in [2.24, 2.45) is 5.41 Å². The lowest BCUT2D eigenvalue weighted by atomic mass is 9.60. The molecule has 0 amide bonds. The molecule has 0 aromatic carbocycles. The van der Waals surface area contributed by atoms with E-state index in [1.807, 2.05) is 19.1 Å². The van der Waals surface area contributed by atoms with E-state index in [0.717, 1.165) is 25.0 Å². The molecule has 6 heteroatoms. The zero-order chi connectivity index (χ0) is 20.4. The Labute approximate surface area is 172 Å². The summed E-state index contributed by atoms with van der Waals surface area (Å²) >= 11 is 0. The summed E-state index contributed by atoms with van der Waals surface area (Å²) in [7, 11) is 0. The summed E-state index contributed by atoms with van der Waals surface area (Å²) in [6.45, 7) is 6.33. The molecule has 1 aliphatic carbocycles. The second-order valence-corrected chi connectivity index (χ2v) is 8.56. The van der Waals surface area contributed by atoms with E-state index < -0.39 is 17.0 Å². The molecule has 3 heterocycles. The summed E-state index contributed by atoms with van der Waals surface area (Å²) in [6.07, 6.45) is 5.85. The summed E-state index contributed by atoms with van der Waals surface area (Å²) in [5, 5.41) is 0. The number of Topliss-reactive ketones (excluding diaryl/α,β-unsaturated/α-hetero) is 1. The first-order valence-electron chi connectivity index (χ1n) is 10.6. The van der Waals surface area contributed by atoms with Gasteiger partial charge in [0.25, 0.3) is 0 Å². The SMILES string of the molecule is CC1(CCC#CC(=O)C[C@@]2(C)[C@H](c3ccco3)CCCC23OCCO3)OCCO1. The molecule has 29 heavy (non-hydrogen) atoms. The minimum Gasteiger partial charge on any atom is -0.469 e. The first-order chi connectivity index (χ1) is 14.0. The van der Waals surface area contributed by atoms with Crippen molar-refractivity contribution in [1.82, 2.24) is 0 Å². The van der Waals surface area contributed by atoms with Crippen molar-refractivity contribution < 1.29 is 28.2 Å². The van der Waals surface area contributed by atoms with Crippen LogP contribution in [0.25, 0.3) is 0 Å². The molecule has 0 bridgehead atoms. The highest BCUT2D eigenvalue weighted by molar-refractivity contribution is 5.96. The van der Waals surface area contributed by atoms with E-state index in [-0.39, 0.29) is 18.1 Å². The Hall–Kier alpha value is -1.65. The van der Waals surface area contributed by atoms with Gasteiger partial charge in [0.05, 0.1) is 32.7 Å². The van der Waals surface area contributed by atoms with Gasteiger partial charge in [0.2, 0.25) is 5.78 Å². The Bertz CT molecular complexity index is 761. The number of hydrogen-bond donors (Lipinski definition) is 0. The molecule has 1 saturated carbocycles. The molecule has 0 N–H and O–H groups in total. The van der Waals surface area contributed by atoms with Gasteiger partial charge in [0.1, 0.15) is 5.76 Å². The Morgan fingerprint density at radius 3 is 2.55 bits per heavy atom. The second-order valence-electron chi connectivity index (χ2n) is 8.56. The van der Waals surface area contributed by atoms with Gasteiger partial charge in [-0.3, -0.25) is 4.79 Å². The van der Waals surface area contributed by atoms with Gasteiger partial charge in [-0.05, 0) is 37.8 Å². The van der Waals surface area contributed by atoms with Crippen molar-refractivity contribution in [2.75, 3.05) is 26.4 Å². The summed E-state index contributed by atoms with van der Waals surface area (Å²) in [5.74, 6) is 5.35. The minimum absolute atomic E-state index is 0.0503. The summed E-state index contributed by atoms with van der Waals surface area (Å²) in [6, 6.07) is 3.87. The number of hydrogen-bond acceptors (Lipinski definition) is 6. The zero-order valence-electron chi connectivity index (χ0n) is 17.3. The lowest BCUT2D eigenvalue weighted by Crippen LogP contribution is -2.54. The van der Waals surface area contributed by atoms with Crippen molar-refractivity contribution in [2.45, 2.75) is 69.9 Å². The monoisotopic (exact) mass is 402 g/mol. The van der Waals surface area contributed by atoms with E-state index in [1.165, 1.54) is 0 Å². The van der Waals surface area contributed by atoms with Crippen LogP contribution in [-0.2, 0) is 23.7 Å².